The van der Waals surface area contributed by atoms with E-state index in [1.54, 1.807) is 6.08 Å². The molecule has 0 heterocycles. The molecule has 0 aliphatic carbocycles. The van der Waals surface area contributed by atoms with Gasteiger partial charge in [-0.05, 0) is 13.0 Å². The minimum Gasteiger partial charge on any atom is -0.107 e. The van der Waals surface area contributed by atoms with Crippen LogP contribution in [0.3, 0.4) is 0 Å². The van der Waals surface area contributed by atoms with Gasteiger partial charge in [0, 0.05) is 12.8 Å². The van der Waals surface area contributed by atoms with Crippen molar-refractivity contribution in [1.29, 1.82) is 0 Å². The summed E-state index contributed by atoms with van der Waals surface area (Å²) < 4.78 is 0. The van der Waals surface area contributed by atoms with Gasteiger partial charge in [0.25, 0.3) is 0 Å². The van der Waals surface area contributed by atoms with Gasteiger partial charge in [-0.3, -0.25) is 0 Å². The first-order chi connectivity index (χ1) is 4.41. The largest absolute Gasteiger partial charge is 0.107 e. The molecule has 0 aromatic carbocycles. The molecule has 0 unspecified atom stereocenters. The molecule has 0 saturated carbocycles. The van der Waals surface area contributed by atoms with E-state index < -0.39 is 0 Å². The van der Waals surface area contributed by atoms with E-state index in [1.807, 2.05) is 6.92 Å². The van der Waals surface area contributed by atoms with E-state index in [4.69, 9.17) is 0 Å². The lowest BCUT2D eigenvalue weighted by Crippen LogP contribution is -1.63. The van der Waals surface area contributed by atoms with E-state index in [1.165, 1.54) is 0 Å². The topological polar surface area (TPSA) is 0 Å². The fourth-order valence-corrected chi connectivity index (χ4v) is 0.394. The second kappa shape index (κ2) is 6.86. The average molecular weight is 118 g/mol. The van der Waals surface area contributed by atoms with Crippen LogP contribution in [0.2, 0.25) is 0 Å². The molecule has 0 aromatic rings. The summed E-state index contributed by atoms with van der Waals surface area (Å²) >= 11 is 0. The molecule has 0 atom stereocenters. The van der Waals surface area contributed by atoms with Gasteiger partial charge in [-0.15, -0.1) is 11.8 Å². The first-order valence-electron chi connectivity index (χ1n) is 2.90. The molecule has 0 aliphatic rings. The molecule has 0 amide bonds. The monoisotopic (exact) mass is 118 g/mol. The number of allylic oxidation sites excluding steroid dienone is 1. The summed E-state index contributed by atoms with van der Waals surface area (Å²) in [6.07, 6.45) is 3.32. The highest BCUT2D eigenvalue weighted by atomic mass is 13.7. The summed E-state index contributed by atoms with van der Waals surface area (Å²) in [5, 5.41) is 0. The summed E-state index contributed by atoms with van der Waals surface area (Å²) in [7, 11) is 0. The predicted octanol–water partition coefficient (Wildman–Crippen LogP) is 1.98. The van der Waals surface area contributed by atoms with Gasteiger partial charge in [0.2, 0.25) is 0 Å². The Hall–Kier alpha value is -1.14. The summed E-state index contributed by atoms with van der Waals surface area (Å²) in [4.78, 5) is 0. The van der Waals surface area contributed by atoms with Crippen LogP contribution in [0.4, 0.5) is 0 Å². The smallest absolute Gasteiger partial charge is 0.0202 e. The normalized spacial score (nSPS) is 5.89. The Morgan fingerprint density at radius 1 is 1.33 bits per heavy atom. The molecule has 0 saturated heterocycles. The zero-order valence-electron chi connectivity index (χ0n) is 5.70. The highest BCUT2D eigenvalue weighted by molar-refractivity contribution is 5.13. The van der Waals surface area contributed by atoms with Gasteiger partial charge in [0.15, 0.2) is 0 Å². The van der Waals surface area contributed by atoms with Gasteiger partial charge >= 0.3 is 0 Å². The third-order valence-corrected chi connectivity index (χ3v) is 0.756. The first-order valence-corrected chi connectivity index (χ1v) is 2.90. The quantitative estimate of drug-likeness (QED) is 0.365. The van der Waals surface area contributed by atoms with E-state index in [2.05, 4.69) is 30.3 Å². The minimum atomic E-state index is 0.854. The Bertz CT molecular complexity index is 178. The van der Waals surface area contributed by atoms with E-state index in [-0.39, 0.29) is 0 Å². The first kappa shape index (κ1) is 7.86. The molecule has 0 bridgehead atoms. The molecule has 0 fully saturated rings. The van der Waals surface area contributed by atoms with Crippen LogP contribution in [0.1, 0.15) is 19.8 Å². The molecule has 9 heavy (non-hydrogen) atoms. The number of hydrogen-bond acceptors (Lipinski definition) is 0. The van der Waals surface area contributed by atoms with Crippen LogP contribution in [0.5, 0.6) is 0 Å². The second-order valence-electron chi connectivity index (χ2n) is 1.45. The van der Waals surface area contributed by atoms with Gasteiger partial charge < -0.3 is 0 Å². The Morgan fingerprint density at radius 2 is 2.00 bits per heavy atom. The van der Waals surface area contributed by atoms with Crippen molar-refractivity contribution in [2.24, 2.45) is 0 Å². The molecule has 0 rings (SSSR count). The third kappa shape index (κ3) is 6.86. The maximum Gasteiger partial charge on any atom is 0.0202 e. The fraction of sp³-hybridized carbons (Fsp3) is 0.333. The Kier molecular flexibility index (Phi) is 5.99. The van der Waals surface area contributed by atoms with Crippen molar-refractivity contribution in [2.75, 3.05) is 0 Å². The molecule has 0 radical (unpaired) electrons. The maximum absolute atomic E-state index is 3.47. The predicted molar refractivity (Wildman–Crippen MR) is 40.7 cm³/mol. The average Bonchev–Trinajstić information content (AvgIpc) is 1.89. The molecule has 46 valence electrons. The second-order valence-corrected chi connectivity index (χ2v) is 1.45. The van der Waals surface area contributed by atoms with E-state index in [9.17, 15) is 0 Å². The van der Waals surface area contributed by atoms with Crippen molar-refractivity contribution >= 4 is 0 Å². The third-order valence-electron chi connectivity index (χ3n) is 0.756. The van der Waals surface area contributed by atoms with Gasteiger partial charge in [0.1, 0.15) is 0 Å². The van der Waals surface area contributed by atoms with Crippen LogP contribution in [-0.4, -0.2) is 0 Å². The highest BCUT2D eigenvalue weighted by Gasteiger charge is 1.69. The van der Waals surface area contributed by atoms with Crippen molar-refractivity contribution in [3.63, 3.8) is 0 Å². The van der Waals surface area contributed by atoms with Gasteiger partial charge in [-0.25, -0.2) is 0 Å². The molecule has 0 nitrogen and oxygen atoms in total. The molecule has 0 spiro atoms. The van der Waals surface area contributed by atoms with Gasteiger partial charge in [-0.1, -0.05) is 18.4 Å². The van der Waals surface area contributed by atoms with Crippen molar-refractivity contribution in [3.05, 3.63) is 12.7 Å². The molecule has 0 aromatic heterocycles. The lowest BCUT2D eigenvalue weighted by atomic mass is 10.3. The number of unbranched alkanes of at least 4 members (excludes halogenated alkanes) is 1. The SMILES string of the molecule is C=CC#CCCC#CC. The number of hydrogen-bond donors (Lipinski definition) is 0. The molecule has 0 aliphatic heterocycles. The van der Waals surface area contributed by atoms with Gasteiger partial charge in [-0.2, -0.15) is 0 Å². The zero-order valence-corrected chi connectivity index (χ0v) is 5.70. The summed E-state index contributed by atoms with van der Waals surface area (Å²) in [6.45, 7) is 5.30. The maximum atomic E-state index is 3.47. The summed E-state index contributed by atoms with van der Waals surface area (Å²) in [6, 6.07) is 0. The molecular formula is C9H10. The minimum absolute atomic E-state index is 0.854. The van der Waals surface area contributed by atoms with Crippen LogP contribution in [0, 0.1) is 23.7 Å². The lowest BCUT2D eigenvalue weighted by molar-refractivity contribution is 1.12. The van der Waals surface area contributed by atoms with Crippen molar-refractivity contribution in [1.82, 2.24) is 0 Å². The standard InChI is InChI=1S/C9H10/c1-3-5-7-9-8-6-4-2/h3H,1,8-9H2,2H3. The van der Waals surface area contributed by atoms with Crippen LogP contribution in [-0.2, 0) is 0 Å². The van der Waals surface area contributed by atoms with Crippen LogP contribution >= 0.6 is 0 Å². The zero-order chi connectivity index (χ0) is 6.95. The molecule has 0 heteroatoms. The van der Waals surface area contributed by atoms with Crippen molar-refractivity contribution < 1.29 is 0 Å². The van der Waals surface area contributed by atoms with Crippen LogP contribution < -0.4 is 0 Å². The van der Waals surface area contributed by atoms with Crippen LogP contribution in [0.15, 0.2) is 12.7 Å². The van der Waals surface area contributed by atoms with E-state index >= 15 is 0 Å². The van der Waals surface area contributed by atoms with E-state index in [0.717, 1.165) is 12.8 Å². The Balaban J connectivity index is 3.26. The van der Waals surface area contributed by atoms with E-state index in [0.29, 0.717) is 0 Å². The lowest BCUT2D eigenvalue weighted by Gasteiger charge is -1.74. The Labute approximate surface area is 57.0 Å². The highest BCUT2D eigenvalue weighted by Crippen LogP contribution is 1.81. The summed E-state index contributed by atoms with van der Waals surface area (Å²) in [5.41, 5.74) is 0. The van der Waals surface area contributed by atoms with Crippen molar-refractivity contribution in [2.45, 2.75) is 19.8 Å². The molecular weight excluding hydrogens is 108 g/mol. The molecule has 0 N–H and O–H groups in total. The number of rotatable bonds is 1. The summed E-state index contributed by atoms with van der Waals surface area (Å²) in [5.74, 6) is 11.4. The Morgan fingerprint density at radius 3 is 2.56 bits per heavy atom. The fourth-order valence-electron chi connectivity index (χ4n) is 0.394. The van der Waals surface area contributed by atoms with Gasteiger partial charge in [0.05, 0.1) is 0 Å². The van der Waals surface area contributed by atoms with Crippen LogP contribution in [0.25, 0.3) is 0 Å². The van der Waals surface area contributed by atoms with Crippen molar-refractivity contribution in [3.8, 4) is 23.7 Å².